The third-order valence-corrected chi connectivity index (χ3v) is 6.88. The lowest BCUT2D eigenvalue weighted by Gasteiger charge is -2.32. The van der Waals surface area contributed by atoms with Gasteiger partial charge in [-0.1, -0.05) is 36.8 Å². The van der Waals surface area contributed by atoms with E-state index in [0.717, 1.165) is 24.8 Å². The first kappa shape index (κ1) is 17.6. The molecule has 1 aromatic rings. The maximum absolute atomic E-state index is 12.3. The second-order valence-electron chi connectivity index (χ2n) is 5.63. The Bertz CT molecular complexity index is 590. The zero-order chi connectivity index (χ0) is 16.0. The van der Waals surface area contributed by atoms with Gasteiger partial charge in [0.2, 0.25) is 0 Å². The van der Waals surface area contributed by atoms with Crippen molar-refractivity contribution in [1.82, 2.24) is 9.03 Å². The Morgan fingerprint density at radius 1 is 1.27 bits per heavy atom. The van der Waals surface area contributed by atoms with Crippen molar-refractivity contribution in [2.24, 2.45) is 0 Å². The van der Waals surface area contributed by atoms with Crippen molar-refractivity contribution in [2.45, 2.75) is 38.0 Å². The monoisotopic (exact) mass is 344 g/mol. The third kappa shape index (κ3) is 5.15. The molecule has 1 N–H and O–H groups in total. The maximum Gasteiger partial charge on any atom is 0.279 e. The molecule has 5 nitrogen and oxygen atoms in total. The van der Waals surface area contributed by atoms with Crippen LogP contribution in [-0.4, -0.2) is 41.8 Å². The van der Waals surface area contributed by atoms with E-state index in [9.17, 15) is 12.6 Å². The van der Waals surface area contributed by atoms with E-state index >= 15 is 0 Å². The summed E-state index contributed by atoms with van der Waals surface area (Å²) in [5, 5.41) is 0. The fraction of sp³-hybridized carbons (Fsp3) is 0.600. The summed E-state index contributed by atoms with van der Waals surface area (Å²) in [5.41, 5.74) is 1.01. The minimum absolute atomic E-state index is 0.0427. The molecule has 0 aliphatic carbocycles. The Hall–Kier alpha value is -0.760. The molecule has 2 atom stereocenters. The molecule has 1 saturated heterocycles. The van der Waals surface area contributed by atoms with Crippen molar-refractivity contribution in [3.8, 4) is 0 Å². The number of nitrogens with zero attached hydrogens (tertiary/aromatic N) is 1. The van der Waals surface area contributed by atoms with Gasteiger partial charge in [0.15, 0.2) is 0 Å². The highest BCUT2D eigenvalue weighted by Gasteiger charge is 2.28. The zero-order valence-corrected chi connectivity index (χ0v) is 14.5. The van der Waals surface area contributed by atoms with Crippen LogP contribution in [0.3, 0.4) is 0 Å². The Kier molecular flexibility index (Phi) is 6.55. The summed E-state index contributed by atoms with van der Waals surface area (Å²) in [6.07, 6.45) is 2.89. The molecule has 0 unspecified atom stereocenters. The molecular formula is C15H24N2O3S2. The molecule has 1 aromatic carbocycles. The first-order valence-corrected chi connectivity index (χ1v) is 10.6. The van der Waals surface area contributed by atoms with Gasteiger partial charge in [-0.3, -0.25) is 4.21 Å². The van der Waals surface area contributed by atoms with Crippen LogP contribution in [0.25, 0.3) is 0 Å². The van der Waals surface area contributed by atoms with E-state index in [1.807, 2.05) is 37.3 Å². The van der Waals surface area contributed by atoms with Gasteiger partial charge in [0, 0.05) is 41.4 Å². The maximum atomic E-state index is 12.3. The molecular weight excluding hydrogens is 320 g/mol. The van der Waals surface area contributed by atoms with E-state index in [4.69, 9.17) is 0 Å². The Balaban J connectivity index is 1.78. The summed E-state index contributed by atoms with van der Waals surface area (Å²) >= 11 is 0. The molecule has 7 heteroatoms. The molecule has 1 aliphatic rings. The first-order chi connectivity index (χ1) is 10.5. The van der Waals surface area contributed by atoms with E-state index in [2.05, 4.69) is 4.72 Å². The van der Waals surface area contributed by atoms with Crippen molar-refractivity contribution in [3.05, 3.63) is 35.9 Å². The molecule has 1 aliphatic heterocycles. The van der Waals surface area contributed by atoms with Crippen LogP contribution in [-0.2, 0) is 26.8 Å². The number of benzene rings is 1. The quantitative estimate of drug-likeness (QED) is 0.818. The van der Waals surface area contributed by atoms with Crippen LogP contribution in [0, 0.1) is 0 Å². The molecule has 0 radical (unpaired) electrons. The van der Waals surface area contributed by atoms with Crippen LogP contribution in [0.15, 0.2) is 30.3 Å². The van der Waals surface area contributed by atoms with Crippen LogP contribution in [0.1, 0.15) is 31.7 Å². The molecule has 124 valence electrons. The first-order valence-electron chi connectivity index (χ1n) is 7.64. The van der Waals surface area contributed by atoms with Crippen molar-refractivity contribution in [1.29, 1.82) is 0 Å². The van der Waals surface area contributed by atoms with Gasteiger partial charge in [0.1, 0.15) is 0 Å². The van der Waals surface area contributed by atoms with Gasteiger partial charge in [-0.15, -0.1) is 0 Å². The summed E-state index contributed by atoms with van der Waals surface area (Å²) in [5.74, 6) is 0.791. The fourth-order valence-corrected chi connectivity index (χ4v) is 5.27. The highest BCUT2D eigenvalue weighted by atomic mass is 32.2. The van der Waals surface area contributed by atoms with E-state index in [1.165, 1.54) is 4.31 Å². The molecule has 0 bridgehead atoms. The topological polar surface area (TPSA) is 66.5 Å². The van der Waals surface area contributed by atoms with Gasteiger partial charge in [0.25, 0.3) is 10.2 Å². The van der Waals surface area contributed by atoms with Crippen LogP contribution in [0.5, 0.6) is 0 Å². The lowest BCUT2D eigenvalue weighted by atomic mass is 10.1. The number of nitrogens with one attached hydrogen (secondary N) is 1. The molecule has 1 heterocycles. The molecule has 0 amide bonds. The van der Waals surface area contributed by atoms with Gasteiger partial charge < -0.3 is 0 Å². The van der Waals surface area contributed by atoms with Crippen molar-refractivity contribution in [2.75, 3.05) is 18.8 Å². The second kappa shape index (κ2) is 8.19. The standard InChI is InChI=1S/C15H24N2O3S2/c1-14-7-5-6-11-17(14)22(19,20)16-10-12-21(18)13-15-8-3-2-4-9-15/h2-4,8-9,14,16H,5-7,10-13H2,1H3/t14-,21-/m0/s1. The summed E-state index contributed by atoms with van der Waals surface area (Å²) in [4.78, 5) is 0. The average Bonchev–Trinajstić information content (AvgIpc) is 2.48. The minimum Gasteiger partial charge on any atom is -0.259 e. The normalized spacial score (nSPS) is 21.6. The van der Waals surface area contributed by atoms with Crippen molar-refractivity contribution < 1.29 is 12.6 Å². The number of rotatable bonds is 7. The van der Waals surface area contributed by atoms with E-state index in [1.54, 1.807) is 0 Å². The Morgan fingerprint density at radius 2 is 2.00 bits per heavy atom. The minimum atomic E-state index is -3.45. The van der Waals surface area contributed by atoms with Gasteiger partial charge in [-0.2, -0.15) is 12.7 Å². The highest BCUT2D eigenvalue weighted by molar-refractivity contribution is 7.87. The van der Waals surface area contributed by atoms with Gasteiger partial charge in [-0.05, 0) is 25.3 Å². The van der Waals surface area contributed by atoms with Crippen molar-refractivity contribution in [3.63, 3.8) is 0 Å². The third-order valence-electron chi connectivity index (χ3n) is 3.84. The number of hydrogen-bond acceptors (Lipinski definition) is 3. The SMILES string of the molecule is C[C@H]1CCCCN1S(=O)(=O)NCC[S@](=O)Cc1ccccc1. The van der Waals surface area contributed by atoms with Gasteiger partial charge >= 0.3 is 0 Å². The summed E-state index contributed by atoms with van der Waals surface area (Å²) in [7, 11) is -4.52. The number of piperidine rings is 1. The molecule has 0 aromatic heterocycles. The van der Waals surface area contributed by atoms with Crippen molar-refractivity contribution >= 4 is 21.0 Å². The fourth-order valence-electron chi connectivity index (χ4n) is 2.63. The van der Waals surface area contributed by atoms with E-state index in [0.29, 0.717) is 18.1 Å². The molecule has 0 saturated carbocycles. The largest absolute Gasteiger partial charge is 0.279 e. The van der Waals surface area contributed by atoms with Crippen LogP contribution < -0.4 is 4.72 Å². The summed E-state index contributed by atoms with van der Waals surface area (Å²) < 4.78 is 40.6. The summed E-state index contributed by atoms with van der Waals surface area (Å²) in [6, 6.07) is 9.64. The smallest absolute Gasteiger partial charge is 0.259 e. The Labute approximate surface area is 135 Å². The lowest BCUT2D eigenvalue weighted by Crippen LogP contribution is -2.48. The average molecular weight is 345 g/mol. The molecule has 2 rings (SSSR count). The van der Waals surface area contributed by atoms with Crippen LogP contribution in [0.4, 0.5) is 0 Å². The van der Waals surface area contributed by atoms with Gasteiger partial charge in [0.05, 0.1) is 0 Å². The lowest BCUT2D eigenvalue weighted by molar-refractivity contribution is 0.265. The summed E-state index contributed by atoms with van der Waals surface area (Å²) in [6.45, 7) is 2.72. The Morgan fingerprint density at radius 3 is 2.68 bits per heavy atom. The van der Waals surface area contributed by atoms with Gasteiger partial charge in [-0.25, -0.2) is 4.72 Å². The van der Waals surface area contributed by atoms with Crippen LogP contribution >= 0.6 is 0 Å². The zero-order valence-electron chi connectivity index (χ0n) is 12.9. The molecule has 1 fully saturated rings. The van der Waals surface area contributed by atoms with E-state index in [-0.39, 0.29) is 12.6 Å². The molecule has 22 heavy (non-hydrogen) atoms. The predicted molar refractivity (Wildman–Crippen MR) is 90.1 cm³/mol. The van der Waals surface area contributed by atoms with E-state index < -0.39 is 21.0 Å². The highest BCUT2D eigenvalue weighted by Crippen LogP contribution is 2.18. The predicted octanol–water partition coefficient (Wildman–Crippen LogP) is 1.64. The second-order valence-corrected chi connectivity index (χ2v) is 8.91. The molecule has 0 spiro atoms. The number of hydrogen-bond donors (Lipinski definition) is 1. The van der Waals surface area contributed by atoms with Crippen LogP contribution in [0.2, 0.25) is 0 Å².